The lowest BCUT2D eigenvalue weighted by atomic mass is 10.0. The third-order valence-electron chi connectivity index (χ3n) is 4.20. The van der Waals surface area contributed by atoms with Crippen molar-refractivity contribution in [1.82, 2.24) is 10.2 Å². The van der Waals surface area contributed by atoms with Crippen LogP contribution in [0.2, 0.25) is 0 Å². The normalized spacial score (nSPS) is 23.6. The van der Waals surface area contributed by atoms with Gasteiger partial charge in [-0.1, -0.05) is 0 Å². The molecular formula is C14H18ClN3O3. The summed E-state index contributed by atoms with van der Waals surface area (Å²) in [6, 6.07) is 4.59. The lowest BCUT2D eigenvalue weighted by molar-refractivity contribution is -0.384. The van der Waals surface area contributed by atoms with Gasteiger partial charge in [0.2, 0.25) is 0 Å². The molecule has 1 N–H and O–H groups in total. The number of nitro benzene ring substituents is 1. The number of halogens is 1. The molecule has 1 aromatic rings. The van der Waals surface area contributed by atoms with Gasteiger partial charge in [-0.2, -0.15) is 0 Å². The van der Waals surface area contributed by atoms with Crippen molar-refractivity contribution in [3.8, 4) is 0 Å². The molecule has 2 heterocycles. The number of non-ortho nitro benzene ring substituents is 1. The van der Waals surface area contributed by atoms with Gasteiger partial charge in [0.25, 0.3) is 11.6 Å². The van der Waals surface area contributed by atoms with Gasteiger partial charge in [-0.15, -0.1) is 12.4 Å². The first-order chi connectivity index (χ1) is 9.54. The molecule has 0 radical (unpaired) electrons. The number of hydrogen-bond donors (Lipinski definition) is 1. The highest BCUT2D eigenvalue weighted by atomic mass is 35.5. The van der Waals surface area contributed by atoms with E-state index in [1.165, 1.54) is 12.1 Å². The predicted octanol–water partition coefficient (Wildman–Crippen LogP) is 1.62. The molecule has 1 amide bonds. The molecule has 21 heavy (non-hydrogen) atoms. The molecule has 0 unspecified atom stereocenters. The summed E-state index contributed by atoms with van der Waals surface area (Å²) in [5, 5.41) is 14.2. The largest absolute Gasteiger partial charge is 0.338 e. The van der Waals surface area contributed by atoms with Gasteiger partial charge in [-0.25, -0.2) is 0 Å². The van der Waals surface area contributed by atoms with Crippen LogP contribution in [0.1, 0.15) is 15.9 Å². The topological polar surface area (TPSA) is 75.5 Å². The zero-order valence-electron chi connectivity index (χ0n) is 11.7. The summed E-state index contributed by atoms with van der Waals surface area (Å²) in [5.74, 6) is 0.962. The first-order valence-electron chi connectivity index (χ1n) is 6.80. The van der Waals surface area contributed by atoms with Crippen LogP contribution in [-0.4, -0.2) is 41.9 Å². The Kier molecular flexibility index (Phi) is 4.49. The third kappa shape index (κ3) is 3.01. The van der Waals surface area contributed by atoms with Crippen LogP contribution < -0.4 is 5.32 Å². The summed E-state index contributed by atoms with van der Waals surface area (Å²) in [6.45, 7) is 5.19. The van der Waals surface area contributed by atoms with Crippen LogP contribution >= 0.6 is 12.4 Å². The average molecular weight is 312 g/mol. The van der Waals surface area contributed by atoms with E-state index in [0.717, 1.165) is 31.7 Å². The molecule has 1 aromatic carbocycles. The van der Waals surface area contributed by atoms with Crippen molar-refractivity contribution in [3.05, 3.63) is 39.4 Å². The van der Waals surface area contributed by atoms with Gasteiger partial charge >= 0.3 is 0 Å². The number of nitrogens with one attached hydrogen (secondary N) is 1. The second-order valence-corrected chi connectivity index (χ2v) is 5.70. The minimum atomic E-state index is -0.452. The summed E-state index contributed by atoms with van der Waals surface area (Å²) < 4.78 is 0. The fraction of sp³-hybridized carbons (Fsp3) is 0.500. The van der Waals surface area contributed by atoms with Crippen LogP contribution in [0.3, 0.4) is 0 Å². The highest BCUT2D eigenvalue weighted by Gasteiger charge is 2.38. The Morgan fingerprint density at radius 2 is 1.90 bits per heavy atom. The molecule has 2 fully saturated rings. The predicted molar refractivity (Wildman–Crippen MR) is 80.8 cm³/mol. The van der Waals surface area contributed by atoms with E-state index in [0.29, 0.717) is 17.4 Å². The Morgan fingerprint density at radius 1 is 1.29 bits per heavy atom. The first kappa shape index (κ1) is 15.7. The first-order valence-corrected chi connectivity index (χ1v) is 6.80. The van der Waals surface area contributed by atoms with E-state index in [-0.39, 0.29) is 24.0 Å². The number of carbonyl (C=O) groups excluding carboxylic acids is 1. The SMILES string of the molecule is Cc1cc(C(=O)N2C[C@H]3CNC[C@H]3C2)cc([N+](=O)[O-])c1.Cl. The Hall–Kier alpha value is -1.66. The van der Waals surface area contributed by atoms with E-state index in [2.05, 4.69) is 5.32 Å². The van der Waals surface area contributed by atoms with E-state index in [9.17, 15) is 14.9 Å². The molecule has 0 saturated carbocycles. The molecule has 0 aromatic heterocycles. The Labute approximate surface area is 129 Å². The minimum absolute atomic E-state index is 0. The van der Waals surface area contributed by atoms with Crippen LogP contribution in [0, 0.1) is 28.9 Å². The lowest BCUT2D eigenvalue weighted by Gasteiger charge is -2.17. The Morgan fingerprint density at radius 3 is 2.48 bits per heavy atom. The molecule has 2 aliphatic heterocycles. The van der Waals surface area contributed by atoms with Crippen LogP contribution in [-0.2, 0) is 0 Å². The van der Waals surface area contributed by atoms with Crippen LogP contribution in [0.5, 0.6) is 0 Å². The second kappa shape index (κ2) is 5.99. The Balaban J connectivity index is 0.00000161. The summed E-state index contributed by atoms with van der Waals surface area (Å²) in [5.41, 5.74) is 1.14. The van der Waals surface area contributed by atoms with Gasteiger partial charge in [0, 0.05) is 43.9 Å². The quantitative estimate of drug-likeness (QED) is 0.665. The standard InChI is InChI=1S/C14H17N3O3.ClH/c1-9-2-10(4-13(3-9)17(19)20)14(18)16-7-11-5-15-6-12(11)8-16;/h2-4,11-12,15H,5-8H2,1H3;1H/t11-,12+;. The van der Waals surface area contributed by atoms with Crippen molar-refractivity contribution >= 4 is 24.0 Å². The highest BCUT2D eigenvalue weighted by Crippen LogP contribution is 2.28. The number of aryl methyl sites for hydroxylation is 1. The zero-order valence-corrected chi connectivity index (χ0v) is 12.6. The molecule has 3 rings (SSSR count). The van der Waals surface area contributed by atoms with Gasteiger partial charge in [0.15, 0.2) is 0 Å². The molecular weight excluding hydrogens is 294 g/mol. The van der Waals surface area contributed by atoms with Crippen molar-refractivity contribution in [3.63, 3.8) is 0 Å². The van der Waals surface area contributed by atoms with Crippen molar-refractivity contribution in [1.29, 1.82) is 0 Å². The van der Waals surface area contributed by atoms with Gasteiger partial charge in [0.05, 0.1) is 4.92 Å². The van der Waals surface area contributed by atoms with Gasteiger partial charge < -0.3 is 10.2 Å². The molecule has 0 bridgehead atoms. The highest BCUT2D eigenvalue weighted by molar-refractivity contribution is 5.95. The number of benzene rings is 1. The van der Waals surface area contributed by atoms with Crippen molar-refractivity contribution in [2.24, 2.45) is 11.8 Å². The number of fused-ring (bicyclic) bond motifs is 1. The number of carbonyl (C=O) groups is 1. The second-order valence-electron chi connectivity index (χ2n) is 5.70. The zero-order chi connectivity index (χ0) is 14.3. The maximum Gasteiger partial charge on any atom is 0.270 e. The van der Waals surface area contributed by atoms with E-state index in [1.54, 1.807) is 13.0 Å². The molecule has 2 saturated heterocycles. The van der Waals surface area contributed by atoms with Crippen molar-refractivity contribution < 1.29 is 9.72 Å². The fourth-order valence-corrected chi connectivity index (χ4v) is 3.20. The molecule has 0 spiro atoms. The minimum Gasteiger partial charge on any atom is -0.338 e. The maximum atomic E-state index is 12.5. The monoisotopic (exact) mass is 311 g/mol. The number of hydrogen-bond acceptors (Lipinski definition) is 4. The van der Waals surface area contributed by atoms with E-state index in [1.807, 2.05) is 4.90 Å². The summed E-state index contributed by atoms with van der Waals surface area (Å²) in [7, 11) is 0. The molecule has 6 nitrogen and oxygen atoms in total. The average Bonchev–Trinajstić information content (AvgIpc) is 2.97. The summed E-state index contributed by atoms with van der Waals surface area (Å²) in [6.07, 6.45) is 0. The molecule has 114 valence electrons. The van der Waals surface area contributed by atoms with Crippen LogP contribution in [0.4, 0.5) is 5.69 Å². The summed E-state index contributed by atoms with van der Waals surface area (Å²) in [4.78, 5) is 24.7. The number of nitrogens with zero attached hydrogens (tertiary/aromatic N) is 2. The molecule has 7 heteroatoms. The number of likely N-dealkylation sites (tertiary alicyclic amines) is 1. The van der Waals surface area contributed by atoms with Gasteiger partial charge in [-0.3, -0.25) is 14.9 Å². The third-order valence-corrected chi connectivity index (χ3v) is 4.20. The van der Waals surface area contributed by atoms with E-state index >= 15 is 0 Å². The van der Waals surface area contributed by atoms with Crippen LogP contribution in [0.25, 0.3) is 0 Å². The van der Waals surface area contributed by atoms with Gasteiger partial charge in [0.1, 0.15) is 0 Å². The molecule has 0 aliphatic carbocycles. The fourth-order valence-electron chi connectivity index (χ4n) is 3.20. The smallest absolute Gasteiger partial charge is 0.270 e. The van der Waals surface area contributed by atoms with E-state index < -0.39 is 4.92 Å². The van der Waals surface area contributed by atoms with Crippen molar-refractivity contribution in [2.75, 3.05) is 26.2 Å². The summed E-state index contributed by atoms with van der Waals surface area (Å²) >= 11 is 0. The lowest BCUT2D eigenvalue weighted by Crippen LogP contribution is -2.31. The van der Waals surface area contributed by atoms with Crippen molar-refractivity contribution in [2.45, 2.75) is 6.92 Å². The van der Waals surface area contributed by atoms with Gasteiger partial charge in [-0.05, 0) is 30.4 Å². The maximum absolute atomic E-state index is 12.5. The molecule has 2 aliphatic rings. The van der Waals surface area contributed by atoms with E-state index in [4.69, 9.17) is 0 Å². The number of amides is 1. The molecule has 2 atom stereocenters. The number of nitro groups is 1. The number of rotatable bonds is 2. The van der Waals surface area contributed by atoms with Crippen LogP contribution in [0.15, 0.2) is 18.2 Å². The Bertz CT molecular complexity index is 567.